The van der Waals surface area contributed by atoms with E-state index in [1.165, 1.54) is 23.1 Å². The highest BCUT2D eigenvalue weighted by molar-refractivity contribution is 8.01. The molecular weight excluding hydrogens is 452 g/mol. The van der Waals surface area contributed by atoms with Crippen LogP contribution in [0.3, 0.4) is 0 Å². The van der Waals surface area contributed by atoms with Gasteiger partial charge in [0.05, 0.1) is 11.7 Å². The van der Waals surface area contributed by atoms with Crippen molar-refractivity contribution in [3.8, 4) is 0 Å². The van der Waals surface area contributed by atoms with Crippen LogP contribution in [0.1, 0.15) is 17.7 Å². The molecule has 0 saturated carbocycles. The third kappa shape index (κ3) is 5.32. The number of hydrogen-bond donors (Lipinski definition) is 2. The minimum absolute atomic E-state index is 0.0872. The number of aryl methyl sites for hydroxylation is 2. The smallest absolute Gasteiger partial charge is 0.236 e. The van der Waals surface area contributed by atoms with Gasteiger partial charge in [0.2, 0.25) is 22.9 Å². The second-order valence-electron chi connectivity index (χ2n) is 7.26. The second-order valence-corrected chi connectivity index (χ2v) is 9.46. The molecule has 4 rings (SSSR count). The van der Waals surface area contributed by atoms with Gasteiger partial charge in [0.1, 0.15) is 5.76 Å². The lowest BCUT2D eigenvalue weighted by atomic mass is 10.1. The molecule has 0 aliphatic carbocycles. The Bertz CT molecular complexity index is 1140. The maximum Gasteiger partial charge on any atom is 0.236 e. The van der Waals surface area contributed by atoms with E-state index in [0.717, 1.165) is 11.3 Å². The van der Waals surface area contributed by atoms with E-state index in [9.17, 15) is 14.4 Å². The summed E-state index contributed by atoms with van der Waals surface area (Å²) in [6.07, 6.45) is 0.141. The van der Waals surface area contributed by atoms with Crippen LogP contribution < -0.4 is 15.5 Å². The van der Waals surface area contributed by atoms with Gasteiger partial charge in [-0.2, -0.15) is 0 Å². The van der Waals surface area contributed by atoms with Gasteiger partial charge in [-0.25, -0.2) is 0 Å². The number of nitrogens with zero attached hydrogens (tertiary/aromatic N) is 4. The number of amides is 3. The number of benzene rings is 1. The quantitative estimate of drug-likeness (QED) is 0.397. The maximum atomic E-state index is 12.6. The fourth-order valence-corrected chi connectivity index (χ4v) is 4.67. The summed E-state index contributed by atoms with van der Waals surface area (Å²) in [5.74, 6) is -0.0367. The van der Waals surface area contributed by atoms with Gasteiger partial charge in [-0.05, 0) is 26.0 Å². The first kappa shape index (κ1) is 22.0. The van der Waals surface area contributed by atoms with E-state index in [1.807, 2.05) is 31.2 Å². The topological polar surface area (TPSA) is 130 Å². The highest BCUT2D eigenvalue weighted by Crippen LogP contribution is 2.29. The van der Waals surface area contributed by atoms with Crippen molar-refractivity contribution < 1.29 is 18.9 Å². The SMILES string of the molecule is Cc1ccc(N2CC(C(=O)Nc3nnc(SCC(=O)Nc4cc(C)on4)s3)CC2=O)cc1. The van der Waals surface area contributed by atoms with Crippen molar-refractivity contribution in [3.05, 3.63) is 41.7 Å². The van der Waals surface area contributed by atoms with Crippen LogP contribution in [0.2, 0.25) is 0 Å². The average molecular weight is 473 g/mol. The lowest BCUT2D eigenvalue weighted by Gasteiger charge is -2.16. The Balaban J connectivity index is 1.27. The van der Waals surface area contributed by atoms with E-state index < -0.39 is 5.92 Å². The van der Waals surface area contributed by atoms with Crippen molar-refractivity contribution in [2.24, 2.45) is 5.92 Å². The number of nitrogens with one attached hydrogen (secondary N) is 2. The number of aromatic nitrogens is 3. The first-order valence-electron chi connectivity index (χ1n) is 9.75. The molecule has 0 spiro atoms. The lowest BCUT2D eigenvalue weighted by Crippen LogP contribution is -2.28. The molecule has 32 heavy (non-hydrogen) atoms. The molecule has 1 aliphatic rings. The van der Waals surface area contributed by atoms with Crippen molar-refractivity contribution in [1.29, 1.82) is 0 Å². The molecule has 0 bridgehead atoms. The fraction of sp³-hybridized carbons (Fsp3) is 0.300. The zero-order valence-corrected chi connectivity index (χ0v) is 19.0. The summed E-state index contributed by atoms with van der Waals surface area (Å²) in [6.45, 7) is 4.02. The van der Waals surface area contributed by atoms with Crippen molar-refractivity contribution in [1.82, 2.24) is 15.4 Å². The molecule has 1 aromatic carbocycles. The standard InChI is InChI=1S/C20H20N6O4S2/c1-11-3-5-14(6-4-11)26-9-13(8-17(26)28)18(29)22-19-23-24-20(32-19)31-10-16(27)21-15-7-12(2)30-25-15/h3-7,13H,8-10H2,1-2H3,(H,21,25,27)(H,22,23,29). The molecule has 0 radical (unpaired) electrons. The normalized spacial score (nSPS) is 15.8. The van der Waals surface area contributed by atoms with Crippen LogP contribution in [0.25, 0.3) is 0 Å². The van der Waals surface area contributed by atoms with Gasteiger partial charge in [-0.15, -0.1) is 10.2 Å². The summed E-state index contributed by atoms with van der Waals surface area (Å²) in [7, 11) is 0. The summed E-state index contributed by atoms with van der Waals surface area (Å²) in [4.78, 5) is 38.6. The monoisotopic (exact) mass is 472 g/mol. The van der Waals surface area contributed by atoms with Gasteiger partial charge in [-0.3, -0.25) is 14.4 Å². The maximum absolute atomic E-state index is 12.6. The molecule has 1 saturated heterocycles. The Morgan fingerprint density at radius 3 is 2.72 bits per heavy atom. The van der Waals surface area contributed by atoms with Crippen molar-refractivity contribution in [3.63, 3.8) is 0 Å². The molecule has 1 fully saturated rings. The Hall–Kier alpha value is -3.25. The number of carbonyl (C=O) groups excluding carboxylic acids is 3. The van der Waals surface area contributed by atoms with Crippen molar-refractivity contribution >= 4 is 57.5 Å². The highest BCUT2D eigenvalue weighted by atomic mass is 32.2. The van der Waals surface area contributed by atoms with Gasteiger partial charge >= 0.3 is 0 Å². The van der Waals surface area contributed by atoms with Crippen LogP contribution in [0.4, 0.5) is 16.6 Å². The molecule has 3 heterocycles. The van der Waals surface area contributed by atoms with Crippen LogP contribution in [0.5, 0.6) is 0 Å². The predicted octanol–water partition coefficient (Wildman–Crippen LogP) is 2.87. The van der Waals surface area contributed by atoms with Gasteiger partial charge in [0.15, 0.2) is 10.2 Å². The van der Waals surface area contributed by atoms with E-state index in [0.29, 0.717) is 27.6 Å². The largest absolute Gasteiger partial charge is 0.360 e. The molecule has 1 unspecified atom stereocenters. The minimum Gasteiger partial charge on any atom is -0.360 e. The van der Waals surface area contributed by atoms with Crippen LogP contribution in [-0.2, 0) is 14.4 Å². The van der Waals surface area contributed by atoms with E-state index >= 15 is 0 Å². The molecular formula is C20H20N6O4S2. The van der Waals surface area contributed by atoms with Crippen LogP contribution in [-0.4, -0.2) is 45.4 Å². The minimum atomic E-state index is -0.472. The lowest BCUT2D eigenvalue weighted by molar-refractivity contribution is -0.122. The van der Waals surface area contributed by atoms with E-state index in [2.05, 4.69) is 26.0 Å². The Labute approximate surface area is 191 Å². The summed E-state index contributed by atoms with van der Waals surface area (Å²) >= 11 is 2.36. The predicted molar refractivity (Wildman–Crippen MR) is 121 cm³/mol. The molecule has 10 nitrogen and oxygen atoms in total. The first-order valence-corrected chi connectivity index (χ1v) is 11.5. The number of anilines is 3. The molecule has 12 heteroatoms. The fourth-order valence-electron chi connectivity index (χ4n) is 3.12. The molecule has 3 amide bonds. The zero-order valence-electron chi connectivity index (χ0n) is 17.3. The zero-order chi connectivity index (χ0) is 22.7. The van der Waals surface area contributed by atoms with Crippen molar-refractivity contribution in [2.45, 2.75) is 24.6 Å². The summed E-state index contributed by atoms with van der Waals surface area (Å²) < 4.78 is 5.44. The molecule has 1 aliphatic heterocycles. The van der Waals surface area contributed by atoms with E-state index in [4.69, 9.17) is 4.52 Å². The molecule has 166 valence electrons. The second kappa shape index (κ2) is 9.49. The molecule has 2 N–H and O–H groups in total. The third-order valence-corrected chi connectivity index (χ3v) is 6.67. The van der Waals surface area contributed by atoms with E-state index in [-0.39, 0.29) is 29.9 Å². The summed E-state index contributed by atoms with van der Waals surface area (Å²) in [5.41, 5.74) is 1.88. The van der Waals surface area contributed by atoms with Gasteiger partial charge in [0.25, 0.3) is 0 Å². The molecule has 3 aromatic rings. The third-order valence-electron chi connectivity index (χ3n) is 4.70. The molecule has 1 atom stereocenters. The summed E-state index contributed by atoms with van der Waals surface area (Å²) in [6, 6.07) is 9.24. The summed E-state index contributed by atoms with van der Waals surface area (Å²) in [5, 5.41) is 17.3. The Kier molecular flexibility index (Phi) is 6.51. The van der Waals surface area contributed by atoms with Gasteiger partial charge in [-0.1, -0.05) is 46.0 Å². The average Bonchev–Trinajstić information content (AvgIpc) is 3.48. The van der Waals surface area contributed by atoms with Gasteiger partial charge in [0, 0.05) is 24.7 Å². The number of thioether (sulfide) groups is 1. The Morgan fingerprint density at radius 2 is 2.00 bits per heavy atom. The van der Waals surface area contributed by atoms with Gasteiger partial charge < -0.3 is 20.1 Å². The number of rotatable bonds is 7. The van der Waals surface area contributed by atoms with E-state index in [1.54, 1.807) is 17.9 Å². The number of carbonyl (C=O) groups is 3. The van der Waals surface area contributed by atoms with Crippen molar-refractivity contribution in [2.75, 3.05) is 27.8 Å². The first-order chi connectivity index (χ1) is 15.4. The Morgan fingerprint density at radius 1 is 1.22 bits per heavy atom. The van der Waals surface area contributed by atoms with Crippen LogP contribution in [0, 0.1) is 19.8 Å². The molecule has 2 aromatic heterocycles. The number of hydrogen-bond acceptors (Lipinski definition) is 9. The van der Waals surface area contributed by atoms with Crippen LogP contribution >= 0.6 is 23.1 Å². The van der Waals surface area contributed by atoms with Crippen LogP contribution in [0.15, 0.2) is 39.2 Å². The highest BCUT2D eigenvalue weighted by Gasteiger charge is 2.35.